The maximum atomic E-state index is 11.1. The zero-order valence-corrected chi connectivity index (χ0v) is 10.2. The van der Waals surface area contributed by atoms with Crippen molar-refractivity contribution in [3.8, 4) is 0 Å². The normalized spacial score (nSPS) is 13.8. The minimum absolute atomic E-state index is 0.238. The first-order valence-corrected chi connectivity index (χ1v) is 6.16. The second kappa shape index (κ2) is 5.56. The molecular weight excluding hydrogens is 267 g/mol. The monoisotopic (exact) mass is 277 g/mol. The molecule has 0 fully saturated rings. The van der Waals surface area contributed by atoms with Gasteiger partial charge >= 0.3 is 8.03 Å². The van der Waals surface area contributed by atoms with Crippen molar-refractivity contribution in [3.63, 3.8) is 0 Å². The summed E-state index contributed by atoms with van der Waals surface area (Å²) in [5, 5.41) is 8.95. The molecule has 2 unspecified atom stereocenters. The third-order valence-corrected chi connectivity index (χ3v) is 3.38. The summed E-state index contributed by atoms with van der Waals surface area (Å²) < 4.78 is 17.0. The Hall–Kier alpha value is -0.280. The van der Waals surface area contributed by atoms with Gasteiger partial charge in [-0.05, 0) is 16.2 Å². The zero-order valence-electron chi connectivity index (χ0n) is 7.68. The SMILES string of the molecule is CC(O)[P+](=O)OCc1ccccc1Br. The number of aliphatic hydroxyl groups excluding tert-OH is 1. The van der Waals surface area contributed by atoms with E-state index >= 15 is 0 Å². The molecule has 1 rings (SSSR count). The standard InChI is InChI=1S/C9H11BrO3P/c1-7(11)14(12)13-6-8-4-2-3-5-9(8)10/h2-5,7,11H,6H2,1H3/q+1. The summed E-state index contributed by atoms with van der Waals surface area (Å²) in [5.74, 6) is -0.924. The van der Waals surface area contributed by atoms with Gasteiger partial charge in [-0.25, -0.2) is 0 Å². The predicted octanol–water partition coefficient (Wildman–Crippen LogP) is 3.05. The lowest BCUT2D eigenvalue weighted by molar-refractivity contribution is 0.228. The molecule has 1 aromatic rings. The highest BCUT2D eigenvalue weighted by Gasteiger charge is 2.25. The van der Waals surface area contributed by atoms with Crippen LogP contribution in [0.2, 0.25) is 0 Å². The van der Waals surface area contributed by atoms with E-state index in [9.17, 15) is 4.57 Å². The highest BCUT2D eigenvalue weighted by Crippen LogP contribution is 2.29. The molecule has 0 saturated heterocycles. The van der Waals surface area contributed by atoms with Crippen LogP contribution in [-0.4, -0.2) is 11.0 Å². The summed E-state index contributed by atoms with van der Waals surface area (Å²) in [6.45, 7) is 1.68. The van der Waals surface area contributed by atoms with E-state index in [1.54, 1.807) is 0 Å². The number of rotatable bonds is 4. The molecule has 0 aliphatic heterocycles. The summed E-state index contributed by atoms with van der Waals surface area (Å²) in [6.07, 6.45) is 0. The lowest BCUT2D eigenvalue weighted by Gasteiger charge is -1.98. The third kappa shape index (κ3) is 3.46. The van der Waals surface area contributed by atoms with Crippen molar-refractivity contribution in [1.29, 1.82) is 0 Å². The third-order valence-electron chi connectivity index (χ3n) is 1.61. The van der Waals surface area contributed by atoms with Gasteiger partial charge < -0.3 is 5.11 Å². The van der Waals surface area contributed by atoms with Crippen LogP contribution in [0.4, 0.5) is 0 Å². The zero-order chi connectivity index (χ0) is 10.6. The molecule has 0 saturated carbocycles. The van der Waals surface area contributed by atoms with Crippen LogP contribution in [-0.2, 0) is 15.7 Å². The fourth-order valence-electron chi connectivity index (χ4n) is 0.856. The minimum Gasteiger partial charge on any atom is -0.349 e. The molecule has 3 nitrogen and oxygen atoms in total. The van der Waals surface area contributed by atoms with Gasteiger partial charge in [0, 0.05) is 11.4 Å². The fraction of sp³-hybridized carbons (Fsp3) is 0.333. The molecule has 0 radical (unpaired) electrons. The molecule has 0 aliphatic carbocycles. The molecule has 2 atom stereocenters. The maximum absolute atomic E-state index is 11.1. The predicted molar refractivity (Wildman–Crippen MR) is 58.2 cm³/mol. The lowest BCUT2D eigenvalue weighted by Crippen LogP contribution is -1.95. The average Bonchev–Trinajstić information content (AvgIpc) is 2.16. The maximum Gasteiger partial charge on any atom is 0.540 e. The second-order valence-corrected chi connectivity index (χ2v) is 5.21. The van der Waals surface area contributed by atoms with Crippen molar-refractivity contribution in [2.75, 3.05) is 0 Å². The Kier molecular flexibility index (Phi) is 4.69. The Labute approximate surface area is 92.1 Å². The topological polar surface area (TPSA) is 46.5 Å². The van der Waals surface area contributed by atoms with Crippen molar-refractivity contribution in [3.05, 3.63) is 34.3 Å². The van der Waals surface area contributed by atoms with Gasteiger partial charge in [-0.3, -0.25) is 0 Å². The molecule has 1 N–H and O–H groups in total. The Morgan fingerprint density at radius 3 is 2.79 bits per heavy atom. The lowest BCUT2D eigenvalue weighted by atomic mass is 10.2. The highest BCUT2D eigenvalue weighted by molar-refractivity contribution is 9.10. The minimum atomic E-state index is -1.99. The van der Waals surface area contributed by atoms with E-state index < -0.39 is 13.9 Å². The molecule has 76 valence electrons. The summed E-state index contributed by atoms with van der Waals surface area (Å²) >= 11 is 3.35. The largest absolute Gasteiger partial charge is 0.540 e. The molecule has 0 spiro atoms. The number of aliphatic hydroxyl groups is 1. The van der Waals surface area contributed by atoms with Crippen LogP contribution in [0.5, 0.6) is 0 Å². The van der Waals surface area contributed by atoms with Crippen LogP contribution in [0, 0.1) is 0 Å². The fourth-order valence-corrected chi connectivity index (χ4v) is 1.74. The van der Waals surface area contributed by atoms with E-state index in [2.05, 4.69) is 15.9 Å². The Morgan fingerprint density at radius 2 is 2.21 bits per heavy atom. The van der Waals surface area contributed by atoms with E-state index in [-0.39, 0.29) is 6.61 Å². The van der Waals surface area contributed by atoms with Crippen LogP contribution in [0.25, 0.3) is 0 Å². The molecule has 0 aromatic heterocycles. The number of halogens is 1. The molecule has 1 aromatic carbocycles. The van der Waals surface area contributed by atoms with E-state index in [1.807, 2.05) is 24.3 Å². The number of hydrogen-bond donors (Lipinski definition) is 1. The quantitative estimate of drug-likeness (QED) is 0.861. The van der Waals surface area contributed by atoms with Gasteiger partial charge in [0.25, 0.3) is 5.85 Å². The number of benzene rings is 1. The van der Waals surface area contributed by atoms with E-state index in [0.717, 1.165) is 10.0 Å². The van der Waals surface area contributed by atoms with Crippen molar-refractivity contribution in [1.82, 2.24) is 0 Å². The van der Waals surface area contributed by atoms with Gasteiger partial charge in [-0.15, -0.1) is 4.52 Å². The average molecular weight is 278 g/mol. The van der Waals surface area contributed by atoms with Gasteiger partial charge in [0.15, 0.2) is 0 Å². The van der Waals surface area contributed by atoms with E-state index in [0.29, 0.717) is 0 Å². The summed E-state index contributed by atoms with van der Waals surface area (Å²) in [6, 6.07) is 7.52. The van der Waals surface area contributed by atoms with Crippen molar-refractivity contribution >= 4 is 24.0 Å². The van der Waals surface area contributed by atoms with Crippen LogP contribution >= 0.6 is 24.0 Å². The first kappa shape index (κ1) is 11.8. The van der Waals surface area contributed by atoms with Crippen LogP contribution < -0.4 is 0 Å². The van der Waals surface area contributed by atoms with E-state index in [4.69, 9.17) is 9.63 Å². The van der Waals surface area contributed by atoms with Crippen molar-refractivity contribution < 1.29 is 14.2 Å². The number of hydrogen-bond acceptors (Lipinski definition) is 3. The van der Waals surface area contributed by atoms with Crippen LogP contribution in [0.15, 0.2) is 28.7 Å². The van der Waals surface area contributed by atoms with Gasteiger partial charge in [0.1, 0.15) is 6.61 Å². The summed E-state index contributed by atoms with van der Waals surface area (Å²) in [4.78, 5) is 0. The van der Waals surface area contributed by atoms with Gasteiger partial charge in [0.2, 0.25) is 0 Å². The van der Waals surface area contributed by atoms with Crippen LogP contribution in [0.3, 0.4) is 0 Å². The molecule has 0 aliphatic rings. The first-order chi connectivity index (χ1) is 6.61. The Balaban J connectivity index is 2.54. The molecule has 0 bridgehead atoms. The molecule has 14 heavy (non-hydrogen) atoms. The first-order valence-electron chi connectivity index (χ1n) is 4.12. The Bertz CT molecular complexity index is 328. The summed E-state index contributed by atoms with van der Waals surface area (Å²) in [5.41, 5.74) is 0.913. The van der Waals surface area contributed by atoms with Crippen LogP contribution in [0.1, 0.15) is 12.5 Å². The van der Waals surface area contributed by atoms with Gasteiger partial charge in [0.05, 0.1) is 0 Å². The molecule has 0 amide bonds. The van der Waals surface area contributed by atoms with E-state index in [1.165, 1.54) is 6.92 Å². The van der Waals surface area contributed by atoms with Gasteiger partial charge in [-0.1, -0.05) is 34.1 Å². The van der Waals surface area contributed by atoms with Gasteiger partial charge in [-0.2, -0.15) is 0 Å². The van der Waals surface area contributed by atoms with Crippen molar-refractivity contribution in [2.45, 2.75) is 19.4 Å². The Morgan fingerprint density at radius 1 is 1.57 bits per heavy atom. The molecule has 5 heteroatoms. The highest BCUT2D eigenvalue weighted by atomic mass is 79.9. The van der Waals surface area contributed by atoms with Crippen molar-refractivity contribution in [2.24, 2.45) is 0 Å². The molecular formula is C9H11BrO3P+. The second-order valence-electron chi connectivity index (χ2n) is 2.78. The smallest absolute Gasteiger partial charge is 0.349 e. The molecule has 0 heterocycles. The summed E-state index contributed by atoms with van der Waals surface area (Å²) in [7, 11) is -1.99.